The van der Waals surface area contributed by atoms with Crippen molar-refractivity contribution in [3.8, 4) is 5.75 Å². The van der Waals surface area contributed by atoms with Crippen molar-refractivity contribution in [2.45, 2.75) is 11.8 Å². The number of aryl methyl sites for hydroxylation is 1. The van der Waals surface area contributed by atoms with Crippen molar-refractivity contribution < 1.29 is 12.6 Å². The largest absolute Gasteiger partial charge is 0.397 e. The van der Waals surface area contributed by atoms with Gasteiger partial charge in [0.05, 0.1) is 16.4 Å². The number of halogens is 1. The Hall–Kier alpha value is -1.92. The molecule has 4 N–H and O–H groups in total. The Morgan fingerprint density at radius 2 is 1.80 bits per heavy atom. The summed E-state index contributed by atoms with van der Waals surface area (Å²) in [4.78, 5) is -0.0583. The lowest BCUT2D eigenvalue weighted by Crippen LogP contribution is -2.12. The maximum atomic E-state index is 12.3. The molecule has 0 amide bonds. The van der Waals surface area contributed by atoms with Gasteiger partial charge in [0.25, 0.3) is 0 Å². The number of hydrogen-bond acceptors (Lipinski definition) is 5. The molecule has 106 valence electrons. The molecular formula is C13H13ClN2O3S. The molecule has 20 heavy (non-hydrogen) atoms. The summed E-state index contributed by atoms with van der Waals surface area (Å²) in [5.41, 5.74) is 12.3. The van der Waals surface area contributed by atoms with Crippen LogP contribution in [0.2, 0.25) is 5.02 Å². The summed E-state index contributed by atoms with van der Waals surface area (Å²) in [7, 11) is -4.03. The molecule has 0 aliphatic heterocycles. The summed E-state index contributed by atoms with van der Waals surface area (Å²) in [6.45, 7) is 1.64. The first-order chi connectivity index (χ1) is 9.31. The van der Waals surface area contributed by atoms with Crippen LogP contribution in [0.3, 0.4) is 0 Å². The average molecular weight is 313 g/mol. The standard InChI is InChI=1S/C13H13ClN2O3S/c1-8-3-2-4-10(14)13(8)20(17,18)19-9-5-6-11(15)12(16)7-9/h2-7H,15-16H2,1H3. The van der Waals surface area contributed by atoms with Gasteiger partial charge in [-0.15, -0.1) is 0 Å². The van der Waals surface area contributed by atoms with Gasteiger partial charge in [-0.25, -0.2) is 0 Å². The van der Waals surface area contributed by atoms with Gasteiger partial charge in [-0.2, -0.15) is 8.42 Å². The molecule has 7 heteroatoms. The van der Waals surface area contributed by atoms with E-state index in [0.29, 0.717) is 11.3 Å². The van der Waals surface area contributed by atoms with E-state index in [4.69, 9.17) is 27.3 Å². The molecular weight excluding hydrogens is 300 g/mol. The summed E-state index contributed by atoms with van der Waals surface area (Å²) < 4.78 is 29.6. The number of hydrogen-bond donors (Lipinski definition) is 2. The maximum absolute atomic E-state index is 12.3. The summed E-state index contributed by atoms with van der Waals surface area (Å²) >= 11 is 5.93. The summed E-state index contributed by atoms with van der Waals surface area (Å²) in [5, 5.41) is 0.105. The Kier molecular flexibility index (Phi) is 3.78. The van der Waals surface area contributed by atoms with Crippen molar-refractivity contribution in [1.29, 1.82) is 0 Å². The normalized spacial score (nSPS) is 11.3. The molecule has 0 saturated carbocycles. The first-order valence-electron chi connectivity index (χ1n) is 5.66. The van der Waals surface area contributed by atoms with Crippen LogP contribution in [0.25, 0.3) is 0 Å². The SMILES string of the molecule is Cc1cccc(Cl)c1S(=O)(=O)Oc1ccc(N)c(N)c1. The second kappa shape index (κ2) is 5.22. The molecule has 2 aromatic carbocycles. The van der Waals surface area contributed by atoms with Crippen LogP contribution in [0.5, 0.6) is 5.75 Å². The van der Waals surface area contributed by atoms with Crippen LogP contribution >= 0.6 is 11.6 Å². The van der Waals surface area contributed by atoms with E-state index in [1.165, 1.54) is 24.3 Å². The van der Waals surface area contributed by atoms with Crippen LogP contribution < -0.4 is 15.7 Å². The Labute approximate surface area is 122 Å². The Balaban J connectivity index is 2.43. The molecule has 0 unspecified atom stereocenters. The highest BCUT2D eigenvalue weighted by Gasteiger charge is 2.22. The third kappa shape index (κ3) is 2.81. The molecule has 0 bridgehead atoms. The zero-order valence-electron chi connectivity index (χ0n) is 10.6. The molecule has 0 radical (unpaired) electrons. The van der Waals surface area contributed by atoms with Crippen LogP contribution in [0.15, 0.2) is 41.3 Å². The lowest BCUT2D eigenvalue weighted by atomic mass is 10.2. The highest BCUT2D eigenvalue weighted by Crippen LogP contribution is 2.29. The lowest BCUT2D eigenvalue weighted by molar-refractivity contribution is 0.486. The summed E-state index contributed by atoms with van der Waals surface area (Å²) in [6, 6.07) is 9.04. The van der Waals surface area contributed by atoms with Gasteiger partial charge in [0.2, 0.25) is 0 Å². The molecule has 2 rings (SSSR count). The molecule has 0 aliphatic carbocycles. The smallest absolute Gasteiger partial charge is 0.340 e. The number of anilines is 2. The zero-order valence-corrected chi connectivity index (χ0v) is 12.2. The highest BCUT2D eigenvalue weighted by molar-refractivity contribution is 7.87. The van der Waals surface area contributed by atoms with E-state index in [0.717, 1.165) is 0 Å². The molecule has 0 fully saturated rings. The number of nitrogen functional groups attached to an aromatic ring is 2. The van der Waals surface area contributed by atoms with Gasteiger partial charge in [0, 0.05) is 6.07 Å². The minimum Gasteiger partial charge on any atom is -0.397 e. The van der Waals surface area contributed by atoms with E-state index in [1.807, 2.05) is 0 Å². The van der Waals surface area contributed by atoms with Gasteiger partial charge in [-0.05, 0) is 30.7 Å². The van der Waals surface area contributed by atoms with Crippen molar-refractivity contribution in [1.82, 2.24) is 0 Å². The number of benzene rings is 2. The van der Waals surface area contributed by atoms with E-state index >= 15 is 0 Å². The maximum Gasteiger partial charge on any atom is 0.340 e. The number of nitrogens with two attached hydrogens (primary N) is 2. The Bertz CT molecular complexity index is 740. The molecule has 5 nitrogen and oxygen atoms in total. The molecule has 0 aliphatic rings. The third-order valence-electron chi connectivity index (χ3n) is 2.68. The Morgan fingerprint density at radius 3 is 2.40 bits per heavy atom. The van der Waals surface area contributed by atoms with Crippen LogP contribution in [-0.4, -0.2) is 8.42 Å². The minimum atomic E-state index is -4.03. The van der Waals surface area contributed by atoms with E-state index in [2.05, 4.69) is 0 Å². The predicted molar refractivity (Wildman–Crippen MR) is 79.3 cm³/mol. The molecule has 0 aromatic heterocycles. The second-order valence-electron chi connectivity index (χ2n) is 4.21. The van der Waals surface area contributed by atoms with Gasteiger partial charge in [-0.3, -0.25) is 0 Å². The summed E-state index contributed by atoms with van der Waals surface area (Å²) in [6.07, 6.45) is 0. The fraction of sp³-hybridized carbons (Fsp3) is 0.0769. The molecule has 2 aromatic rings. The average Bonchev–Trinajstić information content (AvgIpc) is 2.33. The first-order valence-corrected chi connectivity index (χ1v) is 7.44. The van der Waals surface area contributed by atoms with Gasteiger partial charge < -0.3 is 15.7 Å². The minimum absolute atomic E-state index is 0.0583. The van der Waals surface area contributed by atoms with E-state index in [-0.39, 0.29) is 21.4 Å². The van der Waals surface area contributed by atoms with Crippen LogP contribution in [0, 0.1) is 6.92 Å². The van der Waals surface area contributed by atoms with Crippen LogP contribution in [0.4, 0.5) is 11.4 Å². The van der Waals surface area contributed by atoms with Crippen molar-refractivity contribution in [2.24, 2.45) is 0 Å². The second-order valence-corrected chi connectivity index (χ2v) is 6.10. The van der Waals surface area contributed by atoms with Crippen molar-refractivity contribution in [3.63, 3.8) is 0 Å². The van der Waals surface area contributed by atoms with E-state index in [1.54, 1.807) is 19.1 Å². The molecule has 0 saturated heterocycles. The van der Waals surface area contributed by atoms with Gasteiger partial charge in [-0.1, -0.05) is 23.7 Å². The number of rotatable bonds is 3. The molecule has 0 atom stereocenters. The predicted octanol–water partition coefficient (Wildman–Crippen LogP) is 2.58. The Morgan fingerprint density at radius 1 is 1.10 bits per heavy atom. The highest BCUT2D eigenvalue weighted by atomic mass is 35.5. The van der Waals surface area contributed by atoms with Gasteiger partial charge in [0.15, 0.2) is 0 Å². The zero-order chi connectivity index (χ0) is 14.9. The van der Waals surface area contributed by atoms with E-state index < -0.39 is 10.1 Å². The van der Waals surface area contributed by atoms with Crippen molar-refractivity contribution in [3.05, 3.63) is 47.0 Å². The van der Waals surface area contributed by atoms with E-state index in [9.17, 15) is 8.42 Å². The molecule has 0 heterocycles. The fourth-order valence-electron chi connectivity index (χ4n) is 1.71. The third-order valence-corrected chi connectivity index (χ3v) is 4.56. The summed E-state index contributed by atoms with van der Waals surface area (Å²) in [5.74, 6) is 0.0796. The fourth-order valence-corrected chi connectivity index (χ4v) is 3.42. The topological polar surface area (TPSA) is 95.4 Å². The lowest BCUT2D eigenvalue weighted by Gasteiger charge is -2.11. The first kappa shape index (κ1) is 14.5. The molecule has 0 spiro atoms. The monoisotopic (exact) mass is 312 g/mol. The van der Waals surface area contributed by atoms with Gasteiger partial charge in [0.1, 0.15) is 10.6 Å². The van der Waals surface area contributed by atoms with Crippen LogP contribution in [-0.2, 0) is 10.1 Å². The van der Waals surface area contributed by atoms with Crippen molar-refractivity contribution >= 4 is 33.1 Å². The van der Waals surface area contributed by atoms with Crippen LogP contribution in [0.1, 0.15) is 5.56 Å². The van der Waals surface area contributed by atoms with Crippen molar-refractivity contribution in [2.75, 3.05) is 11.5 Å². The van der Waals surface area contributed by atoms with Gasteiger partial charge >= 0.3 is 10.1 Å². The quantitative estimate of drug-likeness (QED) is 0.671.